The number of halogens is 1. The van der Waals surface area contributed by atoms with Crippen molar-refractivity contribution in [1.82, 2.24) is 19.4 Å². The molecule has 1 N–H and O–H groups in total. The summed E-state index contributed by atoms with van der Waals surface area (Å²) >= 11 is 3.29. The van der Waals surface area contributed by atoms with E-state index in [2.05, 4.69) is 31.2 Å². The first kappa shape index (κ1) is 20.6. The van der Waals surface area contributed by atoms with Crippen molar-refractivity contribution in [3.05, 3.63) is 27.1 Å². The Kier molecular flexibility index (Phi) is 5.92. The molecule has 1 atom stereocenters. The van der Waals surface area contributed by atoms with Crippen LogP contribution >= 0.6 is 15.9 Å². The Morgan fingerprint density at radius 3 is 2.86 bits per heavy atom. The van der Waals surface area contributed by atoms with Crippen LogP contribution in [0.3, 0.4) is 0 Å². The van der Waals surface area contributed by atoms with Crippen molar-refractivity contribution in [1.29, 1.82) is 0 Å². The monoisotopic (exact) mass is 451 g/mol. The van der Waals surface area contributed by atoms with Crippen LogP contribution in [0.25, 0.3) is 11.0 Å². The smallest absolute Gasteiger partial charge is 0.410 e. The number of amides is 1. The van der Waals surface area contributed by atoms with E-state index in [1.807, 2.05) is 27.7 Å². The molecule has 3 heterocycles. The average molecular weight is 452 g/mol. The van der Waals surface area contributed by atoms with Crippen molar-refractivity contribution >= 4 is 39.0 Å². The third-order valence-electron chi connectivity index (χ3n) is 4.51. The summed E-state index contributed by atoms with van der Waals surface area (Å²) in [5, 5.41) is 4.10. The van der Waals surface area contributed by atoms with Crippen molar-refractivity contribution in [2.75, 3.05) is 18.4 Å². The van der Waals surface area contributed by atoms with Gasteiger partial charge in [-0.05, 0) is 62.5 Å². The zero-order valence-electron chi connectivity index (χ0n) is 16.7. The molecule has 0 aliphatic carbocycles. The van der Waals surface area contributed by atoms with Gasteiger partial charge in [0.2, 0.25) is 5.95 Å². The summed E-state index contributed by atoms with van der Waals surface area (Å²) in [4.78, 5) is 35.3. The molecule has 9 heteroatoms. The van der Waals surface area contributed by atoms with Crippen molar-refractivity contribution in [2.45, 2.75) is 58.7 Å². The van der Waals surface area contributed by atoms with Gasteiger partial charge in [0.15, 0.2) is 0 Å². The Labute approximate surface area is 172 Å². The molecule has 2 aromatic heterocycles. The van der Waals surface area contributed by atoms with Crippen molar-refractivity contribution in [3.63, 3.8) is 0 Å². The number of aromatic nitrogens is 3. The number of pyridine rings is 1. The van der Waals surface area contributed by atoms with Gasteiger partial charge in [-0.1, -0.05) is 0 Å². The van der Waals surface area contributed by atoms with Crippen LogP contribution in [0.2, 0.25) is 0 Å². The highest BCUT2D eigenvalue weighted by Crippen LogP contribution is 2.19. The maximum Gasteiger partial charge on any atom is 0.410 e. The first-order chi connectivity index (χ1) is 13.2. The standard InChI is InChI=1S/C19H26BrN5O3/c1-5-25-15-12(9-14(20)16(25)26)10-21-17(23-15)22-13-7-6-8-24(11-13)18(27)28-19(2,3)4/h9-10,13H,5-8,11H2,1-4H3,(H,21,22,23)/t13-/m0/s1. The van der Waals surface area contributed by atoms with Gasteiger partial charge in [-0.25, -0.2) is 9.78 Å². The summed E-state index contributed by atoms with van der Waals surface area (Å²) in [6, 6.07) is 1.76. The first-order valence-corrected chi connectivity index (χ1v) is 10.3. The quantitative estimate of drug-likeness (QED) is 0.768. The van der Waals surface area contributed by atoms with E-state index in [0.717, 1.165) is 18.2 Å². The lowest BCUT2D eigenvalue weighted by molar-refractivity contribution is 0.0206. The van der Waals surface area contributed by atoms with Crippen molar-refractivity contribution in [2.24, 2.45) is 0 Å². The number of nitrogens with one attached hydrogen (secondary N) is 1. The van der Waals surface area contributed by atoms with E-state index in [-0.39, 0.29) is 17.7 Å². The lowest BCUT2D eigenvalue weighted by atomic mass is 10.1. The molecular formula is C19H26BrN5O3. The van der Waals surface area contributed by atoms with Gasteiger partial charge in [0, 0.05) is 37.3 Å². The zero-order valence-corrected chi connectivity index (χ0v) is 18.2. The third kappa shape index (κ3) is 4.63. The van der Waals surface area contributed by atoms with Crippen LogP contribution < -0.4 is 10.9 Å². The summed E-state index contributed by atoms with van der Waals surface area (Å²) in [5.74, 6) is 0.451. The van der Waals surface area contributed by atoms with E-state index in [4.69, 9.17) is 4.74 Å². The Morgan fingerprint density at radius 1 is 1.43 bits per heavy atom. The fraction of sp³-hybridized carbons (Fsp3) is 0.579. The van der Waals surface area contributed by atoms with Gasteiger partial charge in [0.1, 0.15) is 11.2 Å². The average Bonchev–Trinajstić information content (AvgIpc) is 2.62. The maximum absolute atomic E-state index is 12.3. The number of carbonyl (C=O) groups excluding carboxylic acids is 1. The molecule has 28 heavy (non-hydrogen) atoms. The van der Waals surface area contributed by atoms with E-state index >= 15 is 0 Å². The van der Waals surface area contributed by atoms with E-state index in [1.165, 1.54) is 0 Å². The number of hydrogen-bond donors (Lipinski definition) is 1. The van der Waals surface area contributed by atoms with Gasteiger partial charge < -0.3 is 15.0 Å². The molecule has 152 valence electrons. The molecule has 0 radical (unpaired) electrons. The number of likely N-dealkylation sites (tertiary alicyclic amines) is 1. The number of fused-ring (bicyclic) bond motifs is 1. The van der Waals surface area contributed by atoms with Crippen LogP contribution in [0.15, 0.2) is 21.5 Å². The van der Waals surface area contributed by atoms with Crippen LogP contribution in [-0.2, 0) is 11.3 Å². The van der Waals surface area contributed by atoms with Crippen LogP contribution in [0.1, 0.15) is 40.5 Å². The summed E-state index contributed by atoms with van der Waals surface area (Å²) in [6.45, 7) is 9.20. The van der Waals surface area contributed by atoms with Crippen molar-refractivity contribution < 1.29 is 9.53 Å². The predicted octanol–water partition coefficient (Wildman–Crippen LogP) is 3.39. The minimum Gasteiger partial charge on any atom is -0.444 e. The van der Waals surface area contributed by atoms with E-state index in [1.54, 1.807) is 21.7 Å². The molecule has 1 saturated heterocycles. The molecule has 0 unspecified atom stereocenters. The second-order valence-corrected chi connectivity index (χ2v) is 8.78. The minimum absolute atomic E-state index is 0.0240. The van der Waals surface area contributed by atoms with Crippen LogP contribution in [0, 0.1) is 0 Å². The molecule has 1 amide bonds. The summed E-state index contributed by atoms with van der Waals surface area (Å²) in [6.07, 6.45) is 3.18. The lowest BCUT2D eigenvalue weighted by Crippen LogP contribution is -2.47. The van der Waals surface area contributed by atoms with Gasteiger partial charge in [-0.3, -0.25) is 9.36 Å². The number of anilines is 1. The second-order valence-electron chi connectivity index (χ2n) is 7.92. The number of aryl methyl sites for hydroxylation is 1. The topological polar surface area (TPSA) is 89.4 Å². The molecule has 1 aliphatic rings. The zero-order chi connectivity index (χ0) is 20.5. The predicted molar refractivity (Wildman–Crippen MR) is 112 cm³/mol. The molecule has 0 saturated carbocycles. The number of rotatable bonds is 3. The number of piperidine rings is 1. The molecule has 0 bridgehead atoms. The van der Waals surface area contributed by atoms with Crippen LogP contribution in [0.4, 0.5) is 10.7 Å². The number of nitrogens with zero attached hydrogens (tertiary/aromatic N) is 4. The highest BCUT2D eigenvalue weighted by molar-refractivity contribution is 9.10. The molecule has 0 spiro atoms. The van der Waals surface area contributed by atoms with Crippen LogP contribution in [-0.4, -0.2) is 50.3 Å². The number of ether oxygens (including phenoxy) is 1. The highest BCUT2D eigenvalue weighted by Gasteiger charge is 2.28. The van der Waals surface area contributed by atoms with Gasteiger partial charge in [-0.15, -0.1) is 0 Å². The molecule has 0 aromatic carbocycles. The maximum atomic E-state index is 12.3. The Bertz CT molecular complexity index is 938. The SMILES string of the molecule is CCn1c(=O)c(Br)cc2cnc(N[C@H]3CCCN(C(=O)OC(C)(C)C)C3)nc21. The molecular weight excluding hydrogens is 426 g/mol. The normalized spacial score (nSPS) is 17.6. The largest absolute Gasteiger partial charge is 0.444 e. The first-order valence-electron chi connectivity index (χ1n) is 9.48. The Balaban J connectivity index is 1.78. The molecule has 1 fully saturated rings. The summed E-state index contributed by atoms with van der Waals surface area (Å²) in [7, 11) is 0. The molecule has 3 rings (SSSR count). The van der Waals surface area contributed by atoms with Crippen molar-refractivity contribution in [3.8, 4) is 0 Å². The minimum atomic E-state index is -0.517. The Hall–Kier alpha value is -2.16. The van der Waals surface area contributed by atoms with Gasteiger partial charge in [0.25, 0.3) is 5.56 Å². The molecule has 1 aliphatic heterocycles. The number of hydrogen-bond acceptors (Lipinski definition) is 6. The van der Waals surface area contributed by atoms with E-state index in [9.17, 15) is 9.59 Å². The number of carbonyl (C=O) groups is 1. The summed E-state index contributed by atoms with van der Waals surface area (Å²) in [5.41, 5.74) is -0.0433. The van der Waals surface area contributed by atoms with Gasteiger partial charge in [-0.2, -0.15) is 4.98 Å². The fourth-order valence-corrected chi connectivity index (χ4v) is 3.72. The second kappa shape index (κ2) is 8.06. The highest BCUT2D eigenvalue weighted by atomic mass is 79.9. The van der Waals surface area contributed by atoms with Gasteiger partial charge >= 0.3 is 6.09 Å². The lowest BCUT2D eigenvalue weighted by Gasteiger charge is -2.34. The fourth-order valence-electron chi connectivity index (χ4n) is 3.26. The summed E-state index contributed by atoms with van der Waals surface area (Å²) < 4.78 is 7.58. The van der Waals surface area contributed by atoms with Crippen LogP contribution in [0.5, 0.6) is 0 Å². The molecule has 2 aromatic rings. The van der Waals surface area contributed by atoms with E-state index < -0.39 is 5.60 Å². The van der Waals surface area contributed by atoms with E-state index in [0.29, 0.717) is 35.7 Å². The third-order valence-corrected chi connectivity index (χ3v) is 5.07. The van der Waals surface area contributed by atoms with Gasteiger partial charge in [0.05, 0.1) is 4.47 Å². The molecule has 8 nitrogen and oxygen atoms in total. The Morgan fingerprint density at radius 2 is 2.18 bits per heavy atom.